The molecular weight excluding hydrogens is 499 g/mol. The van der Waals surface area contributed by atoms with Crippen LogP contribution in [0, 0.1) is 12.8 Å². The summed E-state index contributed by atoms with van der Waals surface area (Å²) >= 11 is 12.3. The normalized spacial score (nSPS) is 14.9. The molecule has 1 saturated heterocycles. The van der Waals surface area contributed by atoms with Gasteiger partial charge in [0, 0.05) is 29.7 Å². The van der Waals surface area contributed by atoms with Crippen molar-refractivity contribution in [3.63, 3.8) is 0 Å². The number of carbonyl (C=O) groups is 2. The highest BCUT2D eigenvalue weighted by atomic mass is 35.5. The Morgan fingerprint density at radius 3 is 2.32 bits per heavy atom. The smallest absolute Gasteiger partial charge is 0.309 e. The topological polar surface area (TPSA) is 84.0 Å². The molecule has 0 unspecified atom stereocenters. The molecule has 1 amide bonds. The van der Waals surface area contributed by atoms with Crippen molar-refractivity contribution in [2.24, 2.45) is 5.92 Å². The van der Waals surface area contributed by atoms with Gasteiger partial charge in [-0.25, -0.2) is 8.42 Å². The molecular formula is C24H28Cl2N2O5S. The van der Waals surface area contributed by atoms with Crippen molar-refractivity contribution in [3.8, 4) is 0 Å². The molecule has 1 aliphatic heterocycles. The lowest BCUT2D eigenvalue weighted by atomic mass is 9.97. The van der Waals surface area contributed by atoms with Crippen LogP contribution < -0.4 is 0 Å². The summed E-state index contributed by atoms with van der Waals surface area (Å²) in [6.45, 7) is 4.23. The van der Waals surface area contributed by atoms with Crippen LogP contribution in [0.4, 0.5) is 0 Å². The van der Waals surface area contributed by atoms with Crippen molar-refractivity contribution < 1.29 is 22.7 Å². The van der Waals surface area contributed by atoms with Crippen molar-refractivity contribution in [1.82, 2.24) is 9.21 Å². The Morgan fingerprint density at radius 2 is 1.74 bits per heavy atom. The molecule has 1 aliphatic rings. The third-order valence-electron chi connectivity index (χ3n) is 5.80. The minimum atomic E-state index is -3.99. The van der Waals surface area contributed by atoms with Gasteiger partial charge in [-0.1, -0.05) is 47.0 Å². The number of amides is 1. The van der Waals surface area contributed by atoms with Crippen LogP contribution in [0.5, 0.6) is 0 Å². The molecule has 0 N–H and O–H groups in total. The summed E-state index contributed by atoms with van der Waals surface area (Å²) in [5.74, 6) is -0.831. The number of aryl methyl sites for hydroxylation is 1. The predicted molar refractivity (Wildman–Crippen MR) is 131 cm³/mol. The highest BCUT2D eigenvalue weighted by molar-refractivity contribution is 7.89. The fourth-order valence-electron chi connectivity index (χ4n) is 3.80. The van der Waals surface area contributed by atoms with Gasteiger partial charge in [0.25, 0.3) is 0 Å². The van der Waals surface area contributed by atoms with Gasteiger partial charge in [-0.05, 0) is 56.5 Å². The van der Waals surface area contributed by atoms with Gasteiger partial charge in [0.2, 0.25) is 15.9 Å². The Balaban J connectivity index is 1.80. The summed E-state index contributed by atoms with van der Waals surface area (Å²) in [5.41, 5.74) is 1.46. The summed E-state index contributed by atoms with van der Waals surface area (Å²) in [4.78, 5) is 26.8. The van der Waals surface area contributed by atoms with Crippen molar-refractivity contribution in [1.29, 1.82) is 0 Å². The zero-order valence-electron chi connectivity index (χ0n) is 19.2. The van der Waals surface area contributed by atoms with E-state index < -0.39 is 10.0 Å². The van der Waals surface area contributed by atoms with Gasteiger partial charge < -0.3 is 9.64 Å². The van der Waals surface area contributed by atoms with Gasteiger partial charge in [0.15, 0.2) is 0 Å². The molecule has 0 aromatic heterocycles. The Hall–Kier alpha value is -2.13. The summed E-state index contributed by atoms with van der Waals surface area (Å²) in [7, 11) is -3.99. The maximum atomic E-state index is 13.5. The number of benzene rings is 2. The number of rotatable bonds is 8. The maximum absolute atomic E-state index is 13.5. The molecule has 0 aliphatic carbocycles. The van der Waals surface area contributed by atoms with E-state index in [-0.39, 0.29) is 35.8 Å². The minimum Gasteiger partial charge on any atom is -0.466 e. The average molecular weight is 527 g/mol. The molecule has 0 atom stereocenters. The molecule has 1 heterocycles. The average Bonchev–Trinajstić information content (AvgIpc) is 2.80. The van der Waals surface area contributed by atoms with Crippen LogP contribution >= 0.6 is 23.2 Å². The Labute approximate surface area is 210 Å². The zero-order chi connectivity index (χ0) is 24.9. The molecule has 7 nitrogen and oxygen atoms in total. The van der Waals surface area contributed by atoms with Crippen molar-refractivity contribution in [3.05, 3.63) is 63.6 Å². The highest BCUT2D eigenvalue weighted by Gasteiger charge is 2.32. The lowest BCUT2D eigenvalue weighted by Gasteiger charge is -2.32. The molecule has 1 fully saturated rings. The lowest BCUT2D eigenvalue weighted by molar-refractivity contribution is -0.151. The second kappa shape index (κ2) is 11.5. The number of nitrogens with zero attached hydrogens (tertiary/aromatic N) is 2. The van der Waals surface area contributed by atoms with E-state index in [1.54, 1.807) is 36.1 Å². The van der Waals surface area contributed by atoms with Crippen LogP contribution in [0.25, 0.3) is 0 Å². The van der Waals surface area contributed by atoms with Crippen LogP contribution in [0.2, 0.25) is 10.0 Å². The van der Waals surface area contributed by atoms with Crippen molar-refractivity contribution >= 4 is 45.1 Å². The first-order valence-corrected chi connectivity index (χ1v) is 13.3. The summed E-state index contributed by atoms with van der Waals surface area (Å²) in [6.07, 6.45) is 0.969. The standard InChI is InChI=1S/C24H28Cl2N2O5S/c1-3-33-24(30)18-10-12-27(13-11-18)23(29)16-28(15-19-6-7-20(25)14-22(19)26)34(31,32)21-8-4-17(2)5-9-21/h4-9,14,18H,3,10-13,15-16H2,1-2H3. The second-order valence-corrected chi connectivity index (χ2v) is 11.0. The zero-order valence-corrected chi connectivity index (χ0v) is 21.5. The third-order valence-corrected chi connectivity index (χ3v) is 8.19. The van der Waals surface area contributed by atoms with Crippen molar-refractivity contribution in [2.75, 3.05) is 26.2 Å². The molecule has 184 valence electrons. The Morgan fingerprint density at radius 1 is 1.09 bits per heavy atom. The molecule has 34 heavy (non-hydrogen) atoms. The van der Waals surface area contributed by atoms with Gasteiger partial charge in [0.05, 0.1) is 24.0 Å². The van der Waals surface area contributed by atoms with Crippen LogP contribution in [0.1, 0.15) is 30.9 Å². The Kier molecular flexibility index (Phi) is 8.98. The molecule has 0 radical (unpaired) electrons. The number of hydrogen-bond acceptors (Lipinski definition) is 5. The fraction of sp³-hybridized carbons (Fsp3) is 0.417. The SMILES string of the molecule is CCOC(=O)C1CCN(C(=O)CN(Cc2ccc(Cl)cc2Cl)S(=O)(=O)c2ccc(C)cc2)CC1. The highest BCUT2D eigenvalue weighted by Crippen LogP contribution is 2.26. The van der Waals surface area contributed by atoms with Gasteiger partial charge in [-0.15, -0.1) is 0 Å². The number of piperidine rings is 1. The number of likely N-dealkylation sites (tertiary alicyclic amines) is 1. The van der Waals surface area contributed by atoms with Crippen LogP contribution in [0.3, 0.4) is 0 Å². The van der Waals surface area contributed by atoms with E-state index in [9.17, 15) is 18.0 Å². The van der Waals surface area contributed by atoms with Gasteiger partial charge in [-0.3, -0.25) is 9.59 Å². The number of esters is 1. The van der Waals surface area contributed by atoms with E-state index >= 15 is 0 Å². The summed E-state index contributed by atoms with van der Waals surface area (Å²) in [6, 6.07) is 11.3. The van der Waals surface area contributed by atoms with E-state index in [2.05, 4.69) is 0 Å². The number of sulfonamides is 1. The first-order chi connectivity index (χ1) is 16.1. The maximum Gasteiger partial charge on any atom is 0.309 e. The lowest BCUT2D eigenvalue weighted by Crippen LogP contribution is -2.46. The summed E-state index contributed by atoms with van der Waals surface area (Å²) < 4.78 is 33.2. The predicted octanol–water partition coefficient (Wildman–Crippen LogP) is 4.29. The van der Waals surface area contributed by atoms with Gasteiger partial charge in [-0.2, -0.15) is 4.31 Å². The first-order valence-electron chi connectivity index (χ1n) is 11.1. The molecule has 0 saturated carbocycles. The van der Waals surface area contributed by atoms with Crippen LogP contribution in [-0.2, 0) is 30.9 Å². The Bertz CT molecular complexity index is 1130. The monoisotopic (exact) mass is 526 g/mol. The van der Waals surface area contributed by atoms with Gasteiger partial charge >= 0.3 is 5.97 Å². The van der Waals surface area contributed by atoms with E-state index in [1.165, 1.54) is 18.2 Å². The molecule has 2 aromatic carbocycles. The van der Waals surface area contributed by atoms with E-state index in [4.69, 9.17) is 27.9 Å². The largest absolute Gasteiger partial charge is 0.466 e. The first kappa shape index (κ1) is 26.5. The second-order valence-electron chi connectivity index (χ2n) is 8.23. The van der Waals surface area contributed by atoms with Crippen LogP contribution in [0.15, 0.2) is 47.4 Å². The molecule has 0 spiro atoms. The molecule has 3 rings (SSSR count). The van der Waals surface area contributed by atoms with E-state index in [0.717, 1.165) is 9.87 Å². The number of ether oxygens (including phenoxy) is 1. The van der Waals surface area contributed by atoms with Gasteiger partial charge in [0.1, 0.15) is 0 Å². The van der Waals surface area contributed by atoms with E-state index in [0.29, 0.717) is 48.1 Å². The van der Waals surface area contributed by atoms with Crippen LogP contribution in [-0.4, -0.2) is 55.7 Å². The number of carbonyl (C=O) groups excluding carboxylic acids is 2. The molecule has 2 aromatic rings. The number of hydrogen-bond donors (Lipinski definition) is 0. The van der Waals surface area contributed by atoms with E-state index in [1.807, 2.05) is 6.92 Å². The fourth-order valence-corrected chi connectivity index (χ4v) is 5.64. The quantitative estimate of drug-likeness (QED) is 0.479. The third kappa shape index (κ3) is 6.50. The van der Waals surface area contributed by atoms with Crippen molar-refractivity contribution in [2.45, 2.75) is 38.1 Å². The molecule has 0 bridgehead atoms. The minimum absolute atomic E-state index is 0.0861. The molecule has 10 heteroatoms. The summed E-state index contributed by atoms with van der Waals surface area (Å²) in [5, 5.41) is 0.751. The number of halogens is 2.